The van der Waals surface area contributed by atoms with Crippen LogP contribution in [-0.2, 0) is 24.0 Å². The lowest BCUT2D eigenvalue weighted by atomic mass is 10.0. The quantitative estimate of drug-likeness (QED) is 0.242. The van der Waals surface area contributed by atoms with E-state index in [1.165, 1.54) is 16.8 Å². The lowest BCUT2D eigenvalue weighted by Crippen LogP contribution is -2.52. The van der Waals surface area contributed by atoms with Gasteiger partial charge in [0.1, 0.15) is 6.04 Å². The van der Waals surface area contributed by atoms with E-state index in [1.807, 2.05) is 13.8 Å². The SMILES string of the molecule is CNC(=O)CNC(=O)C(C(C)C)N(C)C(=O)CCCCCN1C(=O)CC(S)C1=O. The number of hydrogen-bond donors (Lipinski definition) is 3. The van der Waals surface area contributed by atoms with Gasteiger partial charge in [-0.3, -0.25) is 28.9 Å². The van der Waals surface area contributed by atoms with Gasteiger partial charge >= 0.3 is 0 Å². The minimum atomic E-state index is -0.667. The molecule has 9 nitrogen and oxygen atoms in total. The van der Waals surface area contributed by atoms with Gasteiger partial charge in [-0.2, -0.15) is 12.6 Å². The molecule has 1 fully saturated rings. The normalized spacial score (nSPS) is 17.4. The Kier molecular flexibility index (Phi) is 10.1. The van der Waals surface area contributed by atoms with E-state index in [0.717, 1.165) is 0 Å². The summed E-state index contributed by atoms with van der Waals surface area (Å²) in [5.74, 6) is -1.41. The minimum absolute atomic E-state index is 0.116. The minimum Gasteiger partial charge on any atom is -0.358 e. The first-order valence-electron chi connectivity index (χ1n) is 9.86. The van der Waals surface area contributed by atoms with Crippen LogP contribution in [0.15, 0.2) is 0 Å². The number of amides is 5. The Labute approximate surface area is 177 Å². The molecular formula is C19H32N4O5S. The fourth-order valence-electron chi connectivity index (χ4n) is 3.24. The maximum absolute atomic E-state index is 12.5. The van der Waals surface area contributed by atoms with E-state index in [-0.39, 0.29) is 54.8 Å². The molecule has 0 radical (unpaired) electrons. The van der Waals surface area contributed by atoms with Gasteiger partial charge in [-0.1, -0.05) is 20.3 Å². The Morgan fingerprint density at radius 3 is 2.38 bits per heavy atom. The zero-order chi connectivity index (χ0) is 22.1. The third kappa shape index (κ3) is 7.34. The number of imide groups is 1. The van der Waals surface area contributed by atoms with Crippen molar-refractivity contribution < 1.29 is 24.0 Å². The van der Waals surface area contributed by atoms with Gasteiger partial charge in [0.15, 0.2) is 0 Å². The maximum atomic E-state index is 12.5. The second kappa shape index (κ2) is 11.8. The molecule has 5 amide bonds. The highest BCUT2D eigenvalue weighted by Gasteiger charge is 2.35. The number of unbranched alkanes of at least 4 members (excludes halogenated alkanes) is 2. The molecule has 2 unspecified atom stereocenters. The Balaban J connectivity index is 2.42. The summed E-state index contributed by atoms with van der Waals surface area (Å²) in [6.45, 7) is 3.89. The van der Waals surface area contributed by atoms with E-state index in [0.29, 0.717) is 25.8 Å². The van der Waals surface area contributed by atoms with E-state index in [2.05, 4.69) is 23.3 Å². The molecule has 0 aromatic rings. The standard InChI is InChI=1S/C19H32N4O5S/c1-12(2)17(18(27)21-11-14(24)20-3)22(4)15(25)8-6-5-7-9-23-16(26)10-13(29)19(23)28/h12-13,17,29H,5-11H2,1-4H3,(H,20,24)(H,21,27). The van der Waals surface area contributed by atoms with Crippen molar-refractivity contribution in [2.75, 3.05) is 27.2 Å². The zero-order valence-corrected chi connectivity index (χ0v) is 18.5. The Hall–Kier alpha value is -2.10. The van der Waals surface area contributed by atoms with Gasteiger partial charge < -0.3 is 15.5 Å². The molecule has 29 heavy (non-hydrogen) atoms. The summed E-state index contributed by atoms with van der Waals surface area (Å²) < 4.78 is 0. The van der Waals surface area contributed by atoms with Crippen LogP contribution in [-0.4, -0.2) is 77.8 Å². The number of likely N-dealkylation sites (N-methyl/N-ethyl adjacent to an activating group) is 2. The van der Waals surface area contributed by atoms with E-state index >= 15 is 0 Å². The summed E-state index contributed by atoms with van der Waals surface area (Å²) in [5, 5.41) is 4.43. The lowest BCUT2D eigenvalue weighted by Gasteiger charge is -2.30. The van der Waals surface area contributed by atoms with Crippen molar-refractivity contribution in [3.8, 4) is 0 Å². The predicted molar refractivity (Wildman–Crippen MR) is 111 cm³/mol. The average molecular weight is 429 g/mol. The van der Waals surface area contributed by atoms with Gasteiger partial charge in [-0.25, -0.2) is 0 Å². The molecule has 0 aliphatic carbocycles. The first-order chi connectivity index (χ1) is 13.6. The van der Waals surface area contributed by atoms with Crippen LogP contribution in [0, 0.1) is 5.92 Å². The molecule has 0 spiro atoms. The molecule has 0 saturated carbocycles. The largest absolute Gasteiger partial charge is 0.358 e. The summed E-state index contributed by atoms with van der Waals surface area (Å²) in [7, 11) is 3.07. The first-order valence-corrected chi connectivity index (χ1v) is 10.4. The molecule has 2 atom stereocenters. The fourth-order valence-corrected chi connectivity index (χ4v) is 3.54. The van der Waals surface area contributed by atoms with Crippen LogP contribution in [0.1, 0.15) is 46.0 Å². The fraction of sp³-hybridized carbons (Fsp3) is 0.737. The predicted octanol–water partition coefficient (Wildman–Crippen LogP) is -0.0507. The summed E-state index contributed by atoms with van der Waals surface area (Å²) >= 11 is 4.09. The molecule has 2 N–H and O–H groups in total. The van der Waals surface area contributed by atoms with Gasteiger partial charge in [0.05, 0.1) is 11.8 Å². The highest BCUT2D eigenvalue weighted by Crippen LogP contribution is 2.19. The molecule has 1 saturated heterocycles. The summed E-state index contributed by atoms with van der Waals surface area (Å²) in [6.07, 6.45) is 2.30. The van der Waals surface area contributed by atoms with Crippen LogP contribution in [0.3, 0.4) is 0 Å². The van der Waals surface area contributed by atoms with Gasteiger partial charge in [0.25, 0.3) is 0 Å². The molecule has 164 valence electrons. The lowest BCUT2D eigenvalue weighted by molar-refractivity contribution is -0.141. The van der Waals surface area contributed by atoms with Crippen molar-refractivity contribution >= 4 is 42.2 Å². The Bertz CT molecular complexity index is 640. The van der Waals surface area contributed by atoms with Gasteiger partial charge in [0.2, 0.25) is 29.5 Å². The average Bonchev–Trinajstić information content (AvgIpc) is 2.90. The van der Waals surface area contributed by atoms with E-state index < -0.39 is 11.3 Å². The zero-order valence-electron chi connectivity index (χ0n) is 17.6. The topological polar surface area (TPSA) is 116 Å². The molecule has 1 aliphatic heterocycles. The van der Waals surface area contributed by atoms with Crippen molar-refractivity contribution in [1.29, 1.82) is 0 Å². The van der Waals surface area contributed by atoms with Crippen LogP contribution in [0.4, 0.5) is 0 Å². The van der Waals surface area contributed by atoms with Crippen molar-refractivity contribution in [3.63, 3.8) is 0 Å². The highest BCUT2D eigenvalue weighted by atomic mass is 32.1. The molecule has 10 heteroatoms. The maximum Gasteiger partial charge on any atom is 0.243 e. The van der Waals surface area contributed by atoms with Crippen molar-refractivity contribution in [3.05, 3.63) is 0 Å². The van der Waals surface area contributed by atoms with Crippen molar-refractivity contribution in [2.24, 2.45) is 5.92 Å². The van der Waals surface area contributed by atoms with Crippen LogP contribution in [0.5, 0.6) is 0 Å². The number of hydrogen-bond acceptors (Lipinski definition) is 6. The van der Waals surface area contributed by atoms with Gasteiger partial charge in [0, 0.05) is 33.5 Å². The molecule has 1 rings (SSSR count). The molecule has 0 bridgehead atoms. The summed E-state index contributed by atoms with van der Waals surface area (Å²) in [4.78, 5) is 62.4. The van der Waals surface area contributed by atoms with Crippen LogP contribution in [0.2, 0.25) is 0 Å². The third-order valence-electron chi connectivity index (χ3n) is 4.91. The number of nitrogens with zero attached hydrogens (tertiary/aromatic N) is 2. The number of carbonyl (C=O) groups excluding carboxylic acids is 5. The van der Waals surface area contributed by atoms with E-state index in [9.17, 15) is 24.0 Å². The van der Waals surface area contributed by atoms with Crippen molar-refractivity contribution in [1.82, 2.24) is 20.4 Å². The van der Waals surface area contributed by atoms with Gasteiger partial charge in [-0.15, -0.1) is 0 Å². The van der Waals surface area contributed by atoms with E-state index in [1.54, 1.807) is 7.05 Å². The van der Waals surface area contributed by atoms with Crippen molar-refractivity contribution in [2.45, 2.75) is 57.2 Å². The number of rotatable bonds is 11. The van der Waals surface area contributed by atoms with Crippen LogP contribution >= 0.6 is 12.6 Å². The second-order valence-electron chi connectivity index (χ2n) is 7.50. The Morgan fingerprint density at radius 1 is 1.21 bits per heavy atom. The smallest absolute Gasteiger partial charge is 0.243 e. The van der Waals surface area contributed by atoms with Crippen LogP contribution < -0.4 is 10.6 Å². The first kappa shape index (κ1) is 24.9. The molecule has 0 aromatic heterocycles. The summed E-state index contributed by atoms with van der Waals surface area (Å²) in [6, 6.07) is -0.667. The molecular weight excluding hydrogens is 396 g/mol. The monoisotopic (exact) mass is 428 g/mol. The number of nitrogens with one attached hydrogen (secondary N) is 2. The molecule has 1 heterocycles. The number of carbonyl (C=O) groups is 5. The molecule has 0 aromatic carbocycles. The second-order valence-corrected chi connectivity index (χ2v) is 8.12. The third-order valence-corrected chi connectivity index (χ3v) is 5.31. The number of thiol groups is 1. The molecule has 1 aliphatic rings. The van der Waals surface area contributed by atoms with Gasteiger partial charge in [-0.05, 0) is 18.8 Å². The summed E-state index contributed by atoms with van der Waals surface area (Å²) in [5.41, 5.74) is 0. The van der Waals surface area contributed by atoms with E-state index in [4.69, 9.17) is 0 Å². The number of likely N-dealkylation sites (tertiary alicyclic amines) is 1. The van der Waals surface area contributed by atoms with Crippen LogP contribution in [0.25, 0.3) is 0 Å². The highest BCUT2D eigenvalue weighted by molar-refractivity contribution is 7.81. The Morgan fingerprint density at radius 2 is 1.86 bits per heavy atom.